The zero-order valence-corrected chi connectivity index (χ0v) is 19.1. The van der Waals surface area contributed by atoms with Crippen LogP contribution in [0.3, 0.4) is 0 Å². The lowest BCUT2D eigenvalue weighted by Crippen LogP contribution is -2.26. The van der Waals surface area contributed by atoms with Crippen LogP contribution in [0.15, 0.2) is 59.5 Å². The summed E-state index contributed by atoms with van der Waals surface area (Å²) < 4.78 is 32.6. The quantitative estimate of drug-likeness (QED) is 0.312. The molecule has 0 amide bonds. The molecule has 2 aromatic carbocycles. The van der Waals surface area contributed by atoms with Crippen LogP contribution in [0.5, 0.6) is 5.75 Å². The van der Waals surface area contributed by atoms with E-state index in [0.29, 0.717) is 12.2 Å². The smallest absolute Gasteiger partial charge is 0.294 e. The van der Waals surface area contributed by atoms with Gasteiger partial charge in [0.1, 0.15) is 5.75 Å². The summed E-state index contributed by atoms with van der Waals surface area (Å²) in [6, 6.07) is 14.7. The minimum atomic E-state index is -4.13. The monoisotopic (exact) mass is 461 g/mol. The summed E-state index contributed by atoms with van der Waals surface area (Å²) in [5.74, 6) is -0.0441. The maximum atomic E-state index is 10.4. The van der Waals surface area contributed by atoms with Crippen molar-refractivity contribution in [3.05, 3.63) is 65.8 Å². The van der Waals surface area contributed by atoms with E-state index in [1.165, 1.54) is 44.2 Å². The summed E-state index contributed by atoms with van der Waals surface area (Å²) in [4.78, 5) is -0.227. The Morgan fingerprint density at radius 3 is 2.09 bits per heavy atom. The van der Waals surface area contributed by atoms with Gasteiger partial charge in [-0.1, -0.05) is 69.4 Å². The van der Waals surface area contributed by atoms with E-state index in [4.69, 9.17) is 15.1 Å². The highest BCUT2D eigenvalue weighted by Crippen LogP contribution is 2.13. The molecule has 0 aliphatic carbocycles. The molecule has 1 heterocycles. The first-order chi connectivity index (χ1) is 15.3. The van der Waals surface area contributed by atoms with Crippen LogP contribution in [0.1, 0.15) is 51.0 Å². The number of benzene rings is 2. The molecule has 10 heteroatoms. The molecular weight excluding hydrogens is 430 g/mol. The molecule has 32 heavy (non-hydrogen) atoms. The number of tetrazole rings is 1. The molecule has 0 saturated heterocycles. The predicted molar refractivity (Wildman–Crippen MR) is 121 cm³/mol. The number of aromatic nitrogens is 4. The van der Waals surface area contributed by atoms with Crippen molar-refractivity contribution in [2.45, 2.75) is 63.4 Å². The summed E-state index contributed by atoms with van der Waals surface area (Å²) in [7, 11) is -4.13. The number of aryl methyl sites for hydroxylation is 1. The van der Waals surface area contributed by atoms with Crippen molar-refractivity contribution in [3.8, 4) is 5.75 Å². The molecule has 0 aliphatic heterocycles. The third-order valence-corrected chi connectivity index (χ3v) is 5.65. The molecule has 3 rings (SSSR count). The first-order valence-electron chi connectivity index (χ1n) is 10.7. The van der Waals surface area contributed by atoms with Crippen molar-refractivity contribution in [1.29, 1.82) is 5.41 Å². The van der Waals surface area contributed by atoms with Crippen molar-refractivity contribution < 1.29 is 18.1 Å². The Bertz CT molecular complexity index is 1090. The lowest BCUT2D eigenvalue weighted by atomic mass is 10.1. The van der Waals surface area contributed by atoms with E-state index < -0.39 is 10.1 Å². The van der Waals surface area contributed by atoms with Crippen molar-refractivity contribution >= 4 is 10.1 Å². The van der Waals surface area contributed by atoms with Gasteiger partial charge in [-0.05, 0) is 46.7 Å². The molecule has 0 saturated carbocycles. The Hall–Kier alpha value is -2.98. The van der Waals surface area contributed by atoms with Gasteiger partial charge >= 0.3 is 0 Å². The van der Waals surface area contributed by atoms with Gasteiger partial charge in [0.15, 0.2) is 0 Å². The second kappa shape index (κ2) is 12.8. The molecule has 0 unspecified atom stereocenters. The van der Waals surface area contributed by atoms with Gasteiger partial charge in [0.05, 0.1) is 11.4 Å². The number of rotatable bonds is 10. The SMILES string of the molecule is CCCCCCCCn1nnn(Cc2ccccc2)c1=N.O=S(=O)(O)c1ccc(O)cc1. The van der Waals surface area contributed by atoms with Crippen molar-refractivity contribution in [3.63, 3.8) is 0 Å². The van der Waals surface area contributed by atoms with Gasteiger partial charge in [-0.15, -0.1) is 0 Å². The molecule has 0 aliphatic rings. The molecule has 0 atom stereocenters. The fourth-order valence-corrected chi connectivity index (χ4v) is 3.47. The fraction of sp³-hybridized carbons (Fsp3) is 0.409. The third-order valence-electron chi connectivity index (χ3n) is 4.78. The van der Waals surface area contributed by atoms with Crippen LogP contribution in [-0.4, -0.2) is 37.9 Å². The van der Waals surface area contributed by atoms with Crippen LogP contribution in [0.25, 0.3) is 0 Å². The summed E-state index contributed by atoms with van der Waals surface area (Å²) in [5.41, 5.74) is 1.52. The van der Waals surface area contributed by atoms with Crippen LogP contribution in [0, 0.1) is 5.41 Å². The lowest BCUT2D eigenvalue weighted by molar-refractivity contribution is 0.472. The van der Waals surface area contributed by atoms with Gasteiger partial charge in [0, 0.05) is 6.54 Å². The number of hydrogen-bond donors (Lipinski definition) is 3. The standard InChI is InChI=1S/C16H25N5.C6H6O4S/c1-2-3-4-5-6-10-13-20-16(17)21(19-18-20)14-15-11-8-7-9-12-15;7-5-1-3-6(4-2-5)11(8,9)10/h7-9,11-12,17H,2-6,10,13-14H2,1H3;1-4,7H,(H,8,9,10). The molecule has 0 bridgehead atoms. The molecular formula is C22H31N5O4S. The molecule has 174 valence electrons. The zero-order valence-electron chi connectivity index (χ0n) is 18.3. The average Bonchev–Trinajstić information content (AvgIpc) is 3.11. The molecule has 3 N–H and O–H groups in total. The van der Waals surface area contributed by atoms with Gasteiger partial charge in [-0.2, -0.15) is 8.42 Å². The van der Waals surface area contributed by atoms with Crippen LogP contribution >= 0.6 is 0 Å². The zero-order chi connectivity index (χ0) is 23.4. The Kier molecular flexibility index (Phi) is 10.1. The van der Waals surface area contributed by atoms with Crippen molar-refractivity contribution in [2.24, 2.45) is 0 Å². The highest BCUT2D eigenvalue weighted by Gasteiger charge is 2.07. The van der Waals surface area contributed by atoms with E-state index in [1.54, 1.807) is 9.36 Å². The van der Waals surface area contributed by atoms with E-state index in [9.17, 15) is 8.42 Å². The predicted octanol–water partition coefficient (Wildman–Crippen LogP) is 3.61. The first-order valence-corrected chi connectivity index (χ1v) is 12.1. The largest absolute Gasteiger partial charge is 0.508 e. The second-order valence-corrected chi connectivity index (χ2v) is 8.83. The van der Waals surface area contributed by atoms with Gasteiger partial charge in [-0.3, -0.25) is 9.96 Å². The number of phenolic OH excluding ortho intramolecular Hbond substituents is 1. The minimum Gasteiger partial charge on any atom is -0.508 e. The summed E-state index contributed by atoms with van der Waals surface area (Å²) in [5, 5.41) is 25.0. The molecule has 9 nitrogen and oxygen atoms in total. The van der Waals surface area contributed by atoms with Crippen molar-refractivity contribution in [1.82, 2.24) is 19.8 Å². The molecule has 3 aromatic rings. The van der Waals surface area contributed by atoms with Crippen LogP contribution in [0.2, 0.25) is 0 Å². The van der Waals surface area contributed by atoms with E-state index in [-0.39, 0.29) is 10.6 Å². The van der Waals surface area contributed by atoms with Crippen LogP contribution in [-0.2, 0) is 23.2 Å². The van der Waals surface area contributed by atoms with Gasteiger partial charge in [-0.25, -0.2) is 9.36 Å². The maximum Gasteiger partial charge on any atom is 0.294 e. The maximum absolute atomic E-state index is 10.4. The normalized spacial score (nSPS) is 11.1. The fourth-order valence-electron chi connectivity index (χ4n) is 2.99. The van der Waals surface area contributed by atoms with E-state index in [1.807, 2.05) is 30.3 Å². The van der Waals surface area contributed by atoms with Gasteiger partial charge < -0.3 is 5.11 Å². The van der Waals surface area contributed by atoms with Crippen molar-refractivity contribution in [2.75, 3.05) is 0 Å². The highest BCUT2D eigenvalue weighted by atomic mass is 32.2. The van der Waals surface area contributed by atoms with Gasteiger partial charge in [0.25, 0.3) is 10.1 Å². The van der Waals surface area contributed by atoms with E-state index in [0.717, 1.165) is 30.7 Å². The Morgan fingerprint density at radius 1 is 0.875 bits per heavy atom. The van der Waals surface area contributed by atoms with Crippen LogP contribution in [0.4, 0.5) is 0 Å². The Morgan fingerprint density at radius 2 is 1.47 bits per heavy atom. The first kappa shape index (κ1) is 25.3. The Labute approximate surface area is 188 Å². The van der Waals surface area contributed by atoms with E-state index in [2.05, 4.69) is 17.4 Å². The molecule has 1 aromatic heterocycles. The lowest BCUT2D eigenvalue weighted by Gasteiger charge is -2.02. The van der Waals surface area contributed by atoms with Gasteiger partial charge in [0.2, 0.25) is 5.62 Å². The summed E-state index contributed by atoms with van der Waals surface area (Å²) in [6.45, 7) is 3.63. The number of nitrogens with one attached hydrogen (secondary N) is 1. The number of unbranched alkanes of at least 4 members (excludes halogenated alkanes) is 5. The molecule has 0 fully saturated rings. The Balaban J connectivity index is 0.000000278. The number of aromatic hydroxyl groups is 1. The van der Waals surface area contributed by atoms with Crippen LogP contribution < -0.4 is 5.62 Å². The number of nitrogens with zero attached hydrogens (tertiary/aromatic N) is 4. The third kappa shape index (κ3) is 8.64. The number of phenols is 1. The molecule has 0 radical (unpaired) electrons. The highest BCUT2D eigenvalue weighted by molar-refractivity contribution is 7.85. The summed E-state index contributed by atoms with van der Waals surface area (Å²) in [6.07, 6.45) is 7.47. The second-order valence-electron chi connectivity index (χ2n) is 7.41. The van der Waals surface area contributed by atoms with E-state index >= 15 is 0 Å². The topological polar surface area (TPSA) is 134 Å². The average molecular weight is 462 g/mol. The summed E-state index contributed by atoms with van der Waals surface area (Å²) >= 11 is 0. The minimum absolute atomic E-state index is 0.0441. The number of hydrogen-bond acceptors (Lipinski definition) is 6. The molecule has 0 spiro atoms.